The molecule has 0 aliphatic rings. The van der Waals surface area contributed by atoms with Crippen LogP contribution in [0.25, 0.3) is 0 Å². The van der Waals surface area contributed by atoms with Gasteiger partial charge in [0.1, 0.15) is 13.2 Å². The summed E-state index contributed by atoms with van der Waals surface area (Å²) in [7, 11) is -2.36. The van der Waals surface area contributed by atoms with E-state index in [0.717, 1.165) is 0 Å². The third-order valence-electron chi connectivity index (χ3n) is 3.84. The lowest BCUT2D eigenvalue weighted by Crippen LogP contribution is -2.01. The second kappa shape index (κ2) is 10.1. The Morgan fingerprint density at radius 3 is 1.62 bits per heavy atom. The van der Waals surface area contributed by atoms with Crippen molar-refractivity contribution >= 4 is 8.25 Å². The maximum absolute atomic E-state index is 12.0. The summed E-state index contributed by atoms with van der Waals surface area (Å²) in [5.41, 5.74) is 2.69. The molecule has 2 aromatic rings. The van der Waals surface area contributed by atoms with E-state index in [4.69, 9.17) is 9.05 Å². The topological polar surface area (TPSA) is 76.0 Å². The van der Waals surface area contributed by atoms with Crippen molar-refractivity contribution in [3.05, 3.63) is 96.1 Å². The predicted octanol–water partition coefficient (Wildman–Crippen LogP) is 4.52. The molecule has 0 radical (unpaired) electrons. The van der Waals surface area contributed by atoms with Crippen LogP contribution < -0.4 is 0 Å². The summed E-state index contributed by atoms with van der Waals surface area (Å²) in [6.45, 7) is 7.20. The Kier molecular flexibility index (Phi) is 7.85. The molecule has 0 bridgehead atoms. The van der Waals surface area contributed by atoms with Crippen molar-refractivity contribution in [2.75, 3.05) is 0 Å². The SMILES string of the molecule is C=CC(O)c1ccccc1CO[P+](=O)OCc1ccccc1C(O)C=C. The first kappa shape index (κ1) is 20.2. The van der Waals surface area contributed by atoms with Gasteiger partial charge in [0.05, 0.1) is 12.2 Å². The van der Waals surface area contributed by atoms with Gasteiger partial charge in [-0.25, -0.2) is 0 Å². The Morgan fingerprint density at radius 1 is 0.846 bits per heavy atom. The molecule has 0 saturated carbocycles. The Morgan fingerprint density at radius 2 is 1.23 bits per heavy atom. The number of aliphatic hydroxyl groups is 2. The highest BCUT2D eigenvalue weighted by atomic mass is 31.1. The molecule has 26 heavy (non-hydrogen) atoms. The molecule has 2 rings (SSSR count). The zero-order valence-corrected chi connectivity index (χ0v) is 15.2. The fraction of sp³-hybridized carbons (Fsp3) is 0.200. The van der Waals surface area contributed by atoms with Gasteiger partial charge in [-0.1, -0.05) is 60.7 Å². The van der Waals surface area contributed by atoms with E-state index in [1.807, 2.05) is 0 Å². The largest absolute Gasteiger partial charge is 0.698 e. The van der Waals surface area contributed by atoms with E-state index in [0.29, 0.717) is 22.3 Å². The highest BCUT2D eigenvalue weighted by molar-refractivity contribution is 7.33. The fourth-order valence-corrected chi connectivity index (χ4v) is 3.01. The maximum Gasteiger partial charge on any atom is 0.698 e. The minimum absolute atomic E-state index is 0.0349. The molecule has 0 aliphatic heterocycles. The summed E-state index contributed by atoms with van der Waals surface area (Å²) < 4.78 is 22.6. The summed E-state index contributed by atoms with van der Waals surface area (Å²) in [6.07, 6.45) is 1.19. The fourth-order valence-electron chi connectivity index (χ4n) is 2.44. The quantitative estimate of drug-likeness (QED) is 0.473. The second-order valence-electron chi connectivity index (χ2n) is 5.53. The highest BCUT2D eigenvalue weighted by Crippen LogP contribution is 2.30. The van der Waals surface area contributed by atoms with Gasteiger partial charge in [-0.05, 0) is 22.3 Å². The van der Waals surface area contributed by atoms with Crippen molar-refractivity contribution in [2.24, 2.45) is 0 Å². The minimum Gasteiger partial charge on any atom is -0.384 e. The summed E-state index contributed by atoms with van der Waals surface area (Å²) in [5.74, 6) is 0. The number of hydrogen-bond donors (Lipinski definition) is 2. The average molecular weight is 373 g/mol. The summed E-state index contributed by atoms with van der Waals surface area (Å²) in [5, 5.41) is 19.8. The molecule has 0 aromatic heterocycles. The van der Waals surface area contributed by atoms with Crippen molar-refractivity contribution < 1.29 is 23.8 Å². The first-order valence-electron chi connectivity index (χ1n) is 8.06. The zero-order chi connectivity index (χ0) is 18.9. The Hall–Kier alpha value is -2.14. The van der Waals surface area contributed by atoms with Gasteiger partial charge in [0.25, 0.3) is 0 Å². The van der Waals surface area contributed by atoms with Crippen molar-refractivity contribution in [3.8, 4) is 0 Å². The molecule has 6 heteroatoms. The third kappa shape index (κ3) is 5.43. The Labute approximate surface area is 154 Å². The lowest BCUT2D eigenvalue weighted by molar-refractivity contribution is 0.199. The molecule has 2 unspecified atom stereocenters. The van der Waals surface area contributed by atoms with Crippen LogP contribution in [0.15, 0.2) is 73.8 Å². The standard InChI is InChI=1S/C20H22O5P/c1-3-19(21)17-11-7-5-9-15(17)13-24-26(23)25-14-16-10-6-8-12-18(16)20(22)4-2/h3-12,19-22H,1-2,13-14H2/q+1. The number of hydrogen-bond acceptors (Lipinski definition) is 5. The van der Waals surface area contributed by atoms with E-state index in [-0.39, 0.29) is 13.2 Å². The molecular formula is C20H22O5P+. The average Bonchev–Trinajstić information content (AvgIpc) is 2.69. The number of benzene rings is 2. The molecule has 0 saturated heterocycles. The molecule has 136 valence electrons. The molecular weight excluding hydrogens is 351 g/mol. The zero-order valence-electron chi connectivity index (χ0n) is 14.3. The molecule has 0 heterocycles. The van der Waals surface area contributed by atoms with Crippen LogP contribution in [0.2, 0.25) is 0 Å². The summed E-state index contributed by atoms with van der Waals surface area (Å²) >= 11 is 0. The second-order valence-corrected chi connectivity index (χ2v) is 6.49. The Bertz CT molecular complexity index is 711. The number of aliphatic hydroxyl groups excluding tert-OH is 2. The van der Waals surface area contributed by atoms with Gasteiger partial charge < -0.3 is 10.2 Å². The predicted molar refractivity (Wildman–Crippen MR) is 100 cm³/mol. The first-order valence-corrected chi connectivity index (χ1v) is 9.16. The summed E-state index contributed by atoms with van der Waals surface area (Å²) in [4.78, 5) is 0. The van der Waals surface area contributed by atoms with Crippen LogP contribution in [0.3, 0.4) is 0 Å². The Balaban J connectivity index is 1.95. The first-order chi connectivity index (χ1) is 12.6. The summed E-state index contributed by atoms with van der Waals surface area (Å²) in [6, 6.07) is 14.3. The molecule has 2 N–H and O–H groups in total. The van der Waals surface area contributed by atoms with Crippen molar-refractivity contribution in [1.82, 2.24) is 0 Å². The lowest BCUT2D eigenvalue weighted by atomic mass is 10.0. The normalized spacial score (nSPS) is 13.7. The lowest BCUT2D eigenvalue weighted by Gasteiger charge is -2.10. The van der Waals surface area contributed by atoms with Crippen molar-refractivity contribution in [1.29, 1.82) is 0 Å². The molecule has 0 aliphatic carbocycles. The van der Waals surface area contributed by atoms with Gasteiger partial charge in [0, 0.05) is 4.57 Å². The van der Waals surface area contributed by atoms with Crippen LogP contribution in [-0.4, -0.2) is 10.2 Å². The minimum atomic E-state index is -2.36. The van der Waals surface area contributed by atoms with Crippen molar-refractivity contribution in [2.45, 2.75) is 25.4 Å². The molecule has 2 atom stereocenters. The van der Waals surface area contributed by atoms with E-state index >= 15 is 0 Å². The van der Waals surface area contributed by atoms with Gasteiger partial charge >= 0.3 is 8.25 Å². The van der Waals surface area contributed by atoms with Crippen LogP contribution >= 0.6 is 8.25 Å². The van der Waals surface area contributed by atoms with Crippen LogP contribution in [0.4, 0.5) is 0 Å². The highest BCUT2D eigenvalue weighted by Gasteiger charge is 2.23. The van der Waals surface area contributed by atoms with Gasteiger partial charge in [-0.2, -0.15) is 0 Å². The van der Waals surface area contributed by atoms with Gasteiger partial charge in [-0.15, -0.1) is 22.2 Å². The van der Waals surface area contributed by atoms with Crippen molar-refractivity contribution in [3.63, 3.8) is 0 Å². The van der Waals surface area contributed by atoms with Gasteiger partial charge in [0.15, 0.2) is 0 Å². The molecule has 5 nitrogen and oxygen atoms in total. The molecule has 0 spiro atoms. The van der Waals surface area contributed by atoms with E-state index in [1.54, 1.807) is 48.5 Å². The molecule has 0 amide bonds. The van der Waals surface area contributed by atoms with E-state index in [2.05, 4.69) is 13.2 Å². The number of rotatable bonds is 10. The third-order valence-corrected chi connectivity index (χ3v) is 4.52. The van der Waals surface area contributed by atoms with Crippen LogP contribution in [-0.2, 0) is 26.8 Å². The smallest absolute Gasteiger partial charge is 0.384 e. The van der Waals surface area contributed by atoms with E-state index in [1.165, 1.54) is 12.2 Å². The van der Waals surface area contributed by atoms with Gasteiger partial charge in [0.2, 0.25) is 0 Å². The van der Waals surface area contributed by atoms with E-state index in [9.17, 15) is 14.8 Å². The monoisotopic (exact) mass is 373 g/mol. The van der Waals surface area contributed by atoms with Crippen LogP contribution in [0.5, 0.6) is 0 Å². The molecule has 0 fully saturated rings. The van der Waals surface area contributed by atoms with Gasteiger partial charge in [-0.3, -0.25) is 0 Å². The van der Waals surface area contributed by atoms with Crippen LogP contribution in [0.1, 0.15) is 34.5 Å². The molecule has 2 aromatic carbocycles. The maximum atomic E-state index is 12.0. The van der Waals surface area contributed by atoms with Crippen LogP contribution in [0, 0.1) is 0 Å². The van der Waals surface area contributed by atoms with E-state index < -0.39 is 20.5 Å².